The van der Waals surface area contributed by atoms with Gasteiger partial charge in [0.05, 0.1) is 11.4 Å². The molecule has 0 unspecified atom stereocenters. The lowest BCUT2D eigenvalue weighted by Gasteiger charge is -2.16. The van der Waals surface area contributed by atoms with Crippen LogP contribution in [0.25, 0.3) is 11.5 Å². The molecule has 1 saturated carbocycles. The molecule has 26 heavy (non-hydrogen) atoms. The van der Waals surface area contributed by atoms with Crippen molar-refractivity contribution in [2.45, 2.75) is 63.4 Å². The second kappa shape index (κ2) is 7.27. The van der Waals surface area contributed by atoms with Gasteiger partial charge in [-0.15, -0.1) is 0 Å². The van der Waals surface area contributed by atoms with Gasteiger partial charge in [0.25, 0.3) is 5.89 Å². The minimum absolute atomic E-state index is 0.576. The Kier molecular flexibility index (Phi) is 4.85. The number of aryl methyl sites for hydroxylation is 2. The van der Waals surface area contributed by atoms with Gasteiger partial charge in [-0.25, -0.2) is 4.98 Å². The summed E-state index contributed by atoms with van der Waals surface area (Å²) >= 11 is 1.70. The summed E-state index contributed by atoms with van der Waals surface area (Å²) in [6.07, 6.45) is 5.14. The van der Waals surface area contributed by atoms with Crippen LogP contribution in [-0.2, 0) is 5.75 Å². The molecule has 6 heteroatoms. The highest BCUT2D eigenvalue weighted by atomic mass is 32.2. The van der Waals surface area contributed by atoms with Crippen LogP contribution in [-0.4, -0.2) is 19.7 Å². The molecular formula is C20H24N4OS. The molecule has 1 aliphatic rings. The van der Waals surface area contributed by atoms with E-state index in [-0.39, 0.29) is 0 Å². The highest BCUT2D eigenvalue weighted by molar-refractivity contribution is 7.98. The minimum atomic E-state index is 0.576. The molecule has 1 aliphatic carbocycles. The summed E-state index contributed by atoms with van der Waals surface area (Å²) in [7, 11) is 0. The predicted octanol–water partition coefficient (Wildman–Crippen LogP) is 5.27. The van der Waals surface area contributed by atoms with Gasteiger partial charge in [-0.05, 0) is 45.7 Å². The van der Waals surface area contributed by atoms with E-state index in [2.05, 4.69) is 47.6 Å². The van der Waals surface area contributed by atoms with E-state index in [0.29, 0.717) is 23.5 Å². The molecule has 5 nitrogen and oxygen atoms in total. The van der Waals surface area contributed by atoms with E-state index in [9.17, 15) is 0 Å². The molecule has 2 aromatic heterocycles. The Morgan fingerprint density at radius 2 is 1.81 bits per heavy atom. The summed E-state index contributed by atoms with van der Waals surface area (Å²) in [5, 5.41) is 5.22. The number of imidazole rings is 1. The minimum Gasteiger partial charge on any atom is -0.334 e. The second-order valence-corrected chi connectivity index (χ2v) is 7.99. The predicted molar refractivity (Wildman–Crippen MR) is 103 cm³/mol. The van der Waals surface area contributed by atoms with Crippen molar-refractivity contribution in [2.75, 3.05) is 0 Å². The fourth-order valence-electron chi connectivity index (χ4n) is 3.55. The maximum atomic E-state index is 5.44. The van der Waals surface area contributed by atoms with E-state index < -0.39 is 0 Å². The molecule has 1 fully saturated rings. The van der Waals surface area contributed by atoms with E-state index in [1.807, 2.05) is 12.1 Å². The molecule has 0 spiro atoms. The number of rotatable bonds is 5. The van der Waals surface area contributed by atoms with Gasteiger partial charge in [-0.1, -0.05) is 47.5 Å². The zero-order valence-electron chi connectivity index (χ0n) is 15.5. The standard InChI is InChI=1S/C20H24N4OS/c1-13-8-10-16(11-9-13)19-22-18(23-25-19)12-26-20-21-14(2)15(3)24(20)17-6-4-5-7-17/h8-11,17H,4-7,12H2,1-3H3. The summed E-state index contributed by atoms with van der Waals surface area (Å²) in [5.74, 6) is 1.95. The zero-order valence-corrected chi connectivity index (χ0v) is 16.3. The Labute approximate surface area is 158 Å². The average Bonchev–Trinajstić information content (AvgIpc) is 3.36. The van der Waals surface area contributed by atoms with Gasteiger partial charge in [0, 0.05) is 17.3 Å². The Morgan fingerprint density at radius 3 is 2.54 bits per heavy atom. The SMILES string of the molecule is Cc1ccc(-c2nc(CSc3nc(C)c(C)n3C3CCCC3)no2)cc1. The molecule has 0 saturated heterocycles. The lowest BCUT2D eigenvalue weighted by molar-refractivity contribution is 0.425. The topological polar surface area (TPSA) is 56.7 Å². The smallest absolute Gasteiger partial charge is 0.257 e. The maximum Gasteiger partial charge on any atom is 0.257 e. The number of aromatic nitrogens is 4. The van der Waals surface area contributed by atoms with E-state index in [1.165, 1.54) is 36.9 Å². The van der Waals surface area contributed by atoms with E-state index in [1.54, 1.807) is 11.8 Å². The zero-order chi connectivity index (χ0) is 18.1. The molecule has 4 rings (SSSR count). The Bertz CT molecular complexity index is 891. The third kappa shape index (κ3) is 3.43. The highest BCUT2D eigenvalue weighted by Crippen LogP contribution is 2.36. The summed E-state index contributed by atoms with van der Waals surface area (Å²) in [4.78, 5) is 9.33. The van der Waals surface area contributed by atoms with Gasteiger partial charge >= 0.3 is 0 Å². The van der Waals surface area contributed by atoms with Crippen molar-refractivity contribution in [3.63, 3.8) is 0 Å². The fraction of sp³-hybridized carbons (Fsp3) is 0.450. The highest BCUT2D eigenvalue weighted by Gasteiger charge is 2.23. The number of nitrogens with zero attached hydrogens (tertiary/aromatic N) is 4. The lowest BCUT2D eigenvalue weighted by Crippen LogP contribution is -2.08. The average molecular weight is 369 g/mol. The van der Waals surface area contributed by atoms with Gasteiger partial charge in [0.15, 0.2) is 11.0 Å². The quantitative estimate of drug-likeness (QED) is 0.575. The first-order valence-corrected chi connectivity index (χ1v) is 10.2. The van der Waals surface area contributed by atoms with Gasteiger partial charge in [0.2, 0.25) is 0 Å². The second-order valence-electron chi connectivity index (χ2n) is 7.04. The lowest BCUT2D eigenvalue weighted by atomic mass is 10.1. The molecule has 0 N–H and O–H groups in total. The van der Waals surface area contributed by atoms with Crippen LogP contribution in [0.2, 0.25) is 0 Å². The molecular weight excluding hydrogens is 344 g/mol. The van der Waals surface area contributed by atoms with Crippen LogP contribution in [0.3, 0.4) is 0 Å². The van der Waals surface area contributed by atoms with Crippen molar-refractivity contribution in [2.24, 2.45) is 0 Å². The molecule has 0 radical (unpaired) electrons. The van der Waals surface area contributed by atoms with Gasteiger partial charge in [-0.2, -0.15) is 4.98 Å². The molecule has 1 aromatic carbocycles. The van der Waals surface area contributed by atoms with E-state index >= 15 is 0 Å². The van der Waals surface area contributed by atoms with Crippen LogP contribution in [0.4, 0.5) is 0 Å². The summed E-state index contributed by atoms with van der Waals surface area (Å²) in [6, 6.07) is 8.72. The first kappa shape index (κ1) is 17.3. The number of thioether (sulfide) groups is 1. The molecule has 0 bridgehead atoms. The molecule has 3 aromatic rings. The van der Waals surface area contributed by atoms with Gasteiger partial charge in [-0.3, -0.25) is 0 Å². The van der Waals surface area contributed by atoms with Crippen LogP contribution in [0.5, 0.6) is 0 Å². The fourth-order valence-corrected chi connectivity index (χ4v) is 4.55. The Balaban J connectivity index is 1.50. The summed E-state index contributed by atoms with van der Waals surface area (Å²) in [6.45, 7) is 6.33. The number of hydrogen-bond acceptors (Lipinski definition) is 5. The first-order valence-electron chi connectivity index (χ1n) is 9.19. The third-order valence-corrected chi connectivity index (χ3v) is 6.09. The van der Waals surface area contributed by atoms with Gasteiger partial charge < -0.3 is 9.09 Å². The molecule has 0 amide bonds. The van der Waals surface area contributed by atoms with Crippen molar-refractivity contribution in [1.82, 2.24) is 19.7 Å². The van der Waals surface area contributed by atoms with Crippen LogP contribution < -0.4 is 0 Å². The first-order chi connectivity index (χ1) is 12.6. The summed E-state index contributed by atoms with van der Waals surface area (Å²) < 4.78 is 7.86. The molecule has 0 atom stereocenters. The van der Waals surface area contributed by atoms with E-state index in [4.69, 9.17) is 9.51 Å². The van der Waals surface area contributed by atoms with E-state index in [0.717, 1.165) is 16.4 Å². The van der Waals surface area contributed by atoms with Crippen molar-refractivity contribution >= 4 is 11.8 Å². The third-order valence-electron chi connectivity index (χ3n) is 5.14. The number of benzene rings is 1. The Hall–Kier alpha value is -2.08. The largest absolute Gasteiger partial charge is 0.334 e. The Morgan fingerprint density at radius 1 is 1.08 bits per heavy atom. The normalized spacial score (nSPS) is 15.0. The molecule has 136 valence electrons. The van der Waals surface area contributed by atoms with Crippen LogP contribution >= 0.6 is 11.8 Å². The van der Waals surface area contributed by atoms with Crippen molar-refractivity contribution in [3.05, 3.63) is 47.0 Å². The van der Waals surface area contributed by atoms with Crippen molar-refractivity contribution in [3.8, 4) is 11.5 Å². The number of hydrogen-bond donors (Lipinski definition) is 0. The van der Waals surface area contributed by atoms with Crippen LogP contribution in [0, 0.1) is 20.8 Å². The van der Waals surface area contributed by atoms with Crippen molar-refractivity contribution < 1.29 is 4.52 Å². The maximum absolute atomic E-state index is 5.44. The monoisotopic (exact) mass is 368 g/mol. The molecule has 0 aliphatic heterocycles. The van der Waals surface area contributed by atoms with Crippen LogP contribution in [0.15, 0.2) is 33.9 Å². The van der Waals surface area contributed by atoms with Crippen molar-refractivity contribution in [1.29, 1.82) is 0 Å². The van der Waals surface area contributed by atoms with Crippen LogP contribution in [0.1, 0.15) is 54.5 Å². The molecule has 2 heterocycles. The summed E-state index contributed by atoms with van der Waals surface area (Å²) in [5.41, 5.74) is 4.58. The van der Waals surface area contributed by atoms with Gasteiger partial charge in [0.1, 0.15) is 0 Å².